The van der Waals surface area contributed by atoms with Gasteiger partial charge in [0.05, 0.1) is 0 Å². The van der Waals surface area contributed by atoms with Crippen molar-refractivity contribution in [3.05, 3.63) is 57.5 Å². The van der Waals surface area contributed by atoms with Gasteiger partial charge in [-0.25, -0.2) is 0 Å². The predicted octanol–water partition coefficient (Wildman–Crippen LogP) is 5.60. The van der Waals surface area contributed by atoms with Crippen molar-refractivity contribution in [1.82, 2.24) is 0 Å². The molecule has 0 saturated carbocycles. The topological polar surface area (TPSA) is 58.2 Å². The Labute approximate surface area is 164 Å². The average molecular weight is 468 g/mol. The van der Waals surface area contributed by atoms with Crippen LogP contribution in [0.5, 0.6) is 0 Å². The van der Waals surface area contributed by atoms with E-state index in [1.807, 2.05) is 38.1 Å². The van der Waals surface area contributed by atoms with Crippen LogP contribution in [0.15, 0.2) is 57.5 Å². The normalized spacial score (nSPS) is 11.0. The summed E-state index contributed by atoms with van der Waals surface area (Å²) in [5, 5.41) is 5.73. The summed E-state index contributed by atoms with van der Waals surface area (Å²) in [5.41, 5.74) is 0.173. The van der Waals surface area contributed by atoms with Crippen LogP contribution in [0.3, 0.4) is 0 Å². The maximum absolute atomic E-state index is 12.9. The second-order valence-corrected chi connectivity index (χ2v) is 7.55. The van der Waals surface area contributed by atoms with Crippen molar-refractivity contribution < 1.29 is 9.59 Å². The van der Waals surface area contributed by atoms with Crippen molar-refractivity contribution in [3.8, 4) is 0 Å². The first-order chi connectivity index (χ1) is 11.9. The van der Waals surface area contributed by atoms with Crippen LogP contribution in [0.2, 0.25) is 0 Å². The van der Waals surface area contributed by atoms with E-state index < -0.39 is 5.41 Å². The van der Waals surface area contributed by atoms with Gasteiger partial charge in [0.25, 0.3) is 0 Å². The molecule has 2 rings (SSSR count). The number of nitrogens with one attached hydrogen (secondary N) is 2. The van der Waals surface area contributed by atoms with E-state index in [4.69, 9.17) is 0 Å². The van der Waals surface area contributed by atoms with Gasteiger partial charge in [-0.2, -0.15) is 0 Å². The number of halogens is 2. The summed E-state index contributed by atoms with van der Waals surface area (Å²) in [6.45, 7) is 3.70. The van der Waals surface area contributed by atoms with Crippen LogP contribution >= 0.6 is 31.9 Å². The van der Waals surface area contributed by atoms with Gasteiger partial charge >= 0.3 is 0 Å². The quantitative estimate of drug-likeness (QED) is 0.543. The Morgan fingerprint density at radius 1 is 0.840 bits per heavy atom. The SMILES string of the molecule is CCC(CC)(C(=O)Nc1cccc(Br)c1)C(=O)Nc1cccc(Br)c1. The van der Waals surface area contributed by atoms with E-state index in [9.17, 15) is 9.59 Å². The third kappa shape index (κ3) is 4.70. The summed E-state index contributed by atoms with van der Waals surface area (Å²) >= 11 is 6.76. The molecule has 2 amide bonds. The molecule has 2 aromatic rings. The lowest BCUT2D eigenvalue weighted by Gasteiger charge is -2.29. The molecule has 0 atom stereocenters. The number of carbonyl (C=O) groups excluding carboxylic acids is 2. The zero-order valence-electron chi connectivity index (χ0n) is 14.1. The van der Waals surface area contributed by atoms with Crippen molar-refractivity contribution in [2.75, 3.05) is 10.6 Å². The molecule has 2 aromatic carbocycles. The van der Waals surface area contributed by atoms with Crippen LogP contribution in [-0.4, -0.2) is 11.8 Å². The first-order valence-corrected chi connectivity index (χ1v) is 9.64. The summed E-state index contributed by atoms with van der Waals surface area (Å²) < 4.78 is 1.73. The molecule has 0 unspecified atom stereocenters. The highest BCUT2D eigenvalue weighted by Gasteiger charge is 2.42. The molecule has 0 spiro atoms. The third-order valence-corrected chi connectivity index (χ3v) is 5.23. The summed E-state index contributed by atoms with van der Waals surface area (Å²) in [4.78, 5) is 25.8. The number of benzene rings is 2. The van der Waals surface area contributed by atoms with E-state index >= 15 is 0 Å². The first-order valence-electron chi connectivity index (χ1n) is 8.05. The Bertz CT molecular complexity index is 712. The first kappa shape index (κ1) is 19.7. The van der Waals surface area contributed by atoms with Crippen LogP contribution in [0.4, 0.5) is 11.4 Å². The second-order valence-electron chi connectivity index (χ2n) is 5.72. The van der Waals surface area contributed by atoms with Crippen LogP contribution < -0.4 is 10.6 Å². The Morgan fingerprint density at radius 2 is 1.24 bits per heavy atom. The molecule has 0 fully saturated rings. The zero-order valence-corrected chi connectivity index (χ0v) is 17.3. The smallest absolute Gasteiger partial charge is 0.240 e. The summed E-state index contributed by atoms with van der Waals surface area (Å²) in [5.74, 6) is -0.605. The minimum atomic E-state index is -1.13. The highest BCUT2D eigenvalue weighted by molar-refractivity contribution is 9.10. The van der Waals surface area contributed by atoms with Crippen molar-refractivity contribution >= 4 is 55.0 Å². The Balaban J connectivity index is 2.23. The van der Waals surface area contributed by atoms with Crippen molar-refractivity contribution in [2.45, 2.75) is 26.7 Å². The van der Waals surface area contributed by atoms with Crippen molar-refractivity contribution in [2.24, 2.45) is 5.41 Å². The van der Waals surface area contributed by atoms with E-state index in [0.717, 1.165) is 8.95 Å². The Kier molecular flexibility index (Phi) is 6.79. The van der Waals surface area contributed by atoms with Gasteiger partial charge in [-0.05, 0) is 49.2 Å². The Hall–Kier alpha value is -1.66. The molecule has 2 N–H and O–H groups in total. The number of carbonyl (C=O) groups is 2. The van der Waals surface area contributed by atoms with Gasteiger partial charge < -0.3 is 10.6 Å². The van der Waals surface area contributed by atoms with Crippen molar-refractivity contribution in [3.63, 3.8) is 0 Å². The molecule has 0 aromatic heterocycles. The minimum absolute atomic E-state index is 0.303. The second kappa shape index (κ2) is 8.63. The lowest BCUT2D eigenvalue weighted by molar-refractivity contribution is -0.137. The molecule has 25 heavy (non-hydrogen) atoms. The summed E-state index contributed by atoms with van der Waals surface area (Å²) in [6, 6.07) is 14.6. The lowest BCUT2D eigenvalue weighted by atomic mass is 9.80. The molecule has 6 heteroatoms. The fraction of sp³-hybridized carbons (Fsp3) is 0.263. The maximum atomic E-state index is 12.9. The van der Waals surface area contributed by atoms with E-state index in [2.05, 4.69) is 42.5 Å². The number of hydrogen-bond donors (Lipinski definition) is 2. The predicted molar refractivity (Wildman–Crippen MR) is 109 cm³/mol. The molecule has 132 valence electrons. The molecule has 4 nitrogen and oxygen atoms in total. The zero-order chi connectivity index (χ0) is 18.4. The summed E-state index contributed by atoms with van der Waals surface area (Å²) in [7, 11) is 0. The molecular weight excluding hydrogens is 448 g/mol. The number of anilines is 2. The van der Waals surface area contributed by atoms with E-state index in [1.165, 1.54) is 0 Å². The Morgan fingerprint density at radius 3 is 1.56 bits per heavy atom. The molecule has 0 radical (unpaired) electrons. The van der Waals surface area contributed by atoms with Crippen molar-refractivity contribution in [1.29, 1.82) is 0 Å². The summed E-state index contributed by atoms with van der Waals surface area (Å²) in [6.07, 6.45) is 0.812. The van der Waals surface area contributed by atoms with Crippen LogP contribution in [-0.2, 0) is 9.59 Å². The number of hydrogen-bond acceptors (Lipinski definition) is 2. The van der Waals surface area contributed by atoms with E-state index in [0.29, 0.717) is 24.2 Å². The fourth-order valence-electron chi connectivity index (χ4n) is 2.63. The van der Waals surface area contributed by atoms with E-state index in [-0.39, 0.29) is 11.8 Å². The molecule has 0 aliphatic carbocycles. The van der Waals surface area contributed by atoms with Gasteiger partial charge in [0.2, 0.25) is 11.8 Å². The van der Waals surface area contributed by atoms with Gasteiger partial charge in [0.1, 0.15) is 5.41 Å². The largest absolute Gasteiger partial charge is 0.325 e. The molecule has 0 saturated heterocycles. The molecule has 0 aliphatic rings. The van der Waals surface area contributed by atoms with Gasteiger partial charge in [-0.15, -0.1) is 0 Å². The van der Waals surface area contributed by atoms with Gasteiger partial charge in [-0.1, -0.05) is 57.8 Å². The fourth-order valence-corrected chi connectivity index (χ4v) is 3.43. The minimum Gasteiger partial charge on any atom is -0.325 e. The highest BCUT2D eigenvalue weighted by atomic mass is 79.9. The molecule has 0 heterocycles. The van der Waals surface area contributed by atoms with Crippen LogP contribution in [0.25, 0.3) is 0 Å². The molecule has 0 aliphatic heterocycles. The lowest BCUT2D eigenvalue weighted by Crippen LogP contribution is -2.45. The monoisotopic (exact) mass is 466 g/mol. The molecule has 0 bridgehead atoms. The van der Waals surface area contributed by atoms with E-state index in [1.54, 1.807) is 24.3 Å². The van der Waals surface area contributed by atoms with Crippen LogP contribution in [0, 0.1) is 5.41 Å². The maximum Gasteiger partial charge on any atom is 0.240 e. The number of amides is 2. The average Bonchev–Trinajstić information content (AvgIpc) is 2.56. The molecular formula is C19H20Br2N2O2. The van der Waals surface area contributed by atoms with Crippen LogP contribution in [0.1, 0.15) is 26.7 Å². The van der Waals surface area contributed by atoms with Gasteiger partial charge in [0.15, 0.2) is 0 Å². The standard InChI is InChI=1S/C19H20Br2N2O2/c1-3-19(4-2,17(24)22-15-9-5-7-13(20)11-15)18(25)23-16-10-6-8-14(21)12-16/h5-12H,3-4H2,1-2H3,(H,22,24)(H,23,25). The highest BCUT2D eigenvalue weighted by Crippen LogP contribution is 2.31. The van der Waals surface area contributed by atoms with Gasteiger partial charge in [-0.3, -0.25) is 9.59 Å². The third-order valence-electron chi connectivity index (χ3n) is 4.24. The number of rotatable bonds is 6. The van der Waals surface area contributed by atoms with Gasteiger partial charge in [0, 0.05) is 20.3 Å².